The van der Waals surface area contributed by atoms with E-state index in [1.807, 2.05) is 24.3 Å². The van der Waals surface area contributed by atoms with Crippen LogP contribution in [0.2, 0.25) is 0 Å². The molecular weight excluding hydrogens is 264 g/mol. The van der Waals surface area contributed by atoms with Gasteiger partial charge in [-0.1, -0.05) is 26.0 Å². The summed E-state index contributed by atoms with van der Waals surface area (Å²) in [4.78, 5) is 12.1. The van der Waals surface area contributed by atoms with Gasteiger partial charge in [-0.25, -0.2) is 0 Å². The summed E-state index contributed by atoms with van der Waals surface area (Å²) in [5.41, 5.74) is 0.828. The quantitative estimate of drug-likeness (QED) is 0.898. The van der Waals surface area contributed by atoms with E-state index in [9.17, 15) is 9.90 Å². The Labute approximate surface area is 127 Å². The largest absolute Gasteiger partial charge is 0.497 e. The molecule has 0 bridgehead atoms. The molecule has 3 heteroatoms. The maximum Gasteiger partial charge on any atom is 0.136 e. The van der Waals surface area contributed by atoms with Crippen molar-refractivity contribution in [2.45, 2.75) is 45.6 Å². The first kappa shape index (κ1) is 16.0. The zero-order valence-corrected chi connectivity index (χ0v) is 13.2. The van der Waals surface area contributed by atoms with Gasteiger partial charge in [0.1, 0.15) is 11.5 Å². The van der Waals surface area contributed by atoms with Crippen molar-refractivity contribution in [2.75, 3.05) is 7.11 Å². The Morgan fingerprint density at radius 3 is 2.81 bits per heavy atom. The molecule has 116 valence electrons. The smallest absolute Gasteiger partial charge is 0.136 e. The van der Waals surface area contributed by atoms with Gasteiger partial charge in [0.2, 0.25) is 0 Å². The number of ketones is 1. The van der Waals surface area contributed by atoms with Gasteiger partial charge in [-0.3, -0.25) is 4.79 Å². The van der Waals surface area contributed by atoms with Gasteiger partial charge < -0.3 is 9.84 Å². The van der Waals surface area contributed by atoms with Gasteiger partial charge in [-0.2, -0.15) is 0 Å². The number of Topliss-reactive ketones (excluding diaryl/α,β-unsaturated/α-hetero) is 1. The van der Waals surface area contributed by atoms with E-state index < -0.39 is 6.10 Å². The van der Waals surface area contributed by atoms with E-state index in [1.165, 1.54) is 0 Å². The van der Waals surface area contributed by atoms with Crippen molar-refractivity contribution < 1.29 is 14.6 Å². The third-order valence-corrected chi connectivity index (χ3v) is 4.73. The molecule has 0 saturated heterocycles. The first-order valence-corrected chi connectivity index (χ1v) is 7.86. The summed E-state index contributed by atoms with van der Waals surface area (Å²) in [5.74, 6) is 2.25. The maximum absolute atomic E-state index is 12.1. The summed E-state index contributed by atoms with van der Waals surface area (Å²) in [6.45, 7) is 4.44. The lowest BCUT2D eigenvalue weighted by Crippen LogP contribution is -2.28. The molecule has 1 aliphatic rings. The highest BCUT2D eigenvalue weighted by Gasteiger charge is 2.31. The zero-order valence-electron chi connectivity index (χ0n) is 13.2. The summed E-state index contributed by atoms with van der Waals surface area (Å²) >= 11 is 0. The van der Waals surface area contributed by atoms with E-state index in [1.54, 1.807) is 7.11 Å². The summed E-state index contributed by atoms with van der Waals surface area (Å²) in [7, 11) is 1.61. The molecule has 1 fully saturated rings. The molecule has 1 aromatic rings. The van der Waals surface area contributed by atoms with Crippen LogP contribution in [0.3, 0.4) is 0 Å². The molecule has 2 rings (SSSR count). The molecule has 0 radical (unpaired) electrons. The number of carbonyl (C=O) groups is 1. The first-order valence-electron chi connectivity index (χ1n) is 7.86. The highest BCUT2D eigenvalue weighted by atomic mass is 16.5. The fourth-order valence-electron chi connectivity index (χ4n) is 3.23. The van der Waals surface area contributed by atoms with Crippen molar-refractivity contribution in [3.8, 4) is 5.75 Å². The second-order valence-corrected chi connectivity index (χ2v) is 6.47. The van der Waals surface area contributed by atoms with Crippen LogP contribution in [0.5, 0.6) is 5.75 Å². The van der Waals surface area contributed by atoms with Crippen LogP contribution in [0.25, 0.3) is 0 Å². The van der Waals surface area contributed by atoms with E-state index in [0.717, 1.165) is 24.2 Å². The van der Waals surface area contributed by atoms with E-state index in [2.05, 4.69) is 13.8 Å². The molecule has 3 atom stereocenters. The summed E-state index contributed by atoms with van der Waals surface area (Å²) < 4.78 is 5.19. The third-order valence-electron chi connectivity index (χ3n) is 4.73. The Morgan fingerprint density at radius 2 is 2.14 bits per heavy atom. The molecule has 3 unspecified atom stereocenters. The lowest BCUT2D eigenvalue weighted by Gasteiger charge is -2.31. The third kappa shape index (κ3) is 4.07. The van der Waals surface area contributed by atoms with Crippen LogP contribution in [0.4, 0.5) is 0 Å². The van der Waals surface area contributed by atoms with Crippen LogP contribution < -0.4 is 4.74 Å². The van der Waals surface area contributed by atoms with Gasteiger partial charge in [-0.05, 0) is 48.8 Å². The molecule has 21 heavy (non-hydrogen) atoms. The fourth-order valence-corrected chi connectivity index (χ4v) is 3.23. The molecule has 0 aliphatic heterocycles. The van der Waals surface area contributed by atoms with Crippen LogP contribution in [-0.2, 0) is 4.79 Å². The normalized spacial score (nSPS) is 24.1. The molecule has 0 amide bonds. The van der Waals surface area contributed by atoms with E-state index in [0.29, 0.717) is 30.5 Å². The second kappa shape index (κ2) is 7.08. The first-order chi connectivity index (χ1) is 10.0. The van der Waals surface area contributed by atoms with Crippen LogP contribution in [0.15, 0.2) is 24.3 Å². The molecule has 1 saturated carbocycles. The topological polar surface area (TPSA) is 46.5 Å². The minimum Gasteiger partial charge on any atom is -0.497 e. The molecule has 1 N–H and O–H groups in total. The number of rotatable bonds is 5. The van der Waals surface area contributed by atoms with Gasteiger partial charge >= 0.3 is 0 Å². The minimum atomic E-state index is -0.597. The zero-order chi connectivity index (χ0) is 15.4. The summed E-state index contributed by atoms with van der Waals surface area (Å²) in [6.07, 6.45) is 2.51. The number of aliphatic hydroxyl groups is 1. The van der Waals surface area contributed by atoms with Crippen molar-refractivity contribution in [1.29, 1.82) is 0 Å². The van der Waals surface area contributed by atoms with Crippen LogP contribution in [-0.4, -0.2) is 18.0 Å². The van der Waals surface area contributed by atoms with E-state index in [4.69, 9.17) is 4.74 Å². The lowest BCUT2D eigenvalue weighted by molar-refractivity contribution is -0.127. The van der Waals surface area contributed by atoms with Crippen molar-refractivity contribution >= 4 is 5.78 Å². The standard InChI is InChI=1S/C18H26O3/c1-12(2)13-7-8-17(19)15(9-13)11-18(20)14-5-4-6-16(10-14)21-3/h4-6,10,12-13,15,18,20H,7-9,11H2,1-3H3. The Bertz CT molecular complexity index is 481. The van der Waals surface area contributed by atoms with Gasteiger partial charge in [0.15, 0.2) is 0 Å². The number of aliphatic hydroxyl groups excluding tert-OH is 1. The van der Waals surface area contributed by atoms with Gasteiger partial charge in [0, 0.05) is 12.3 Å². The molecule has 0 aromatic heterocycles. The Kier molecular flexibility index (Phi) is 5.40. The van der Waals surface area contributed by atoms with Crippen molar-refractivity contribution in [2.24, 2.45) is 17.8 Å². The number of ether oxygens (including phenoxy) is 1. The molecule has 1 aliphatic carbocycles. The fraction of sp³-hybridized carbons (Fsp3) is 0.611. The highest BCUT2D eigenvalue weighted by molar-refractivity contribution is 5.81. The average Bonchev–Trinajstić information content (AvgIpc) is 2.49. The number of carbonyl (C=O) groups excluding carboxylic acids is 1. The van der Waals surface area contributed by atoms with E-state index in [-0.39, 0.29) is 5.92 Å². The Balaban J connectivity index is 2.03. The Hall–Kier alpha value is -1.35. The predicted molar refractivity (Wildman–Crippen MR) is 83.2 cm³/mol. The number of methoxy groups -OCH3 is 1. The Morgan fingerprint density at radius 1 is 1.38 bits per heavy atom. The van der Waals surface area contributed by atoms with E-state index >= 15 is 0 Å². The molecule has 0 spiro atoms. The van der Waals surface area contributed by atoms with Gasteiger partial charge in [0.05, 0.1) is 13.2 Å². The second-order valence-electron chi connectivity index (χ2n) is 6.47. The van der Waals surface area contributed by atoms with Crippen molar-refractivity contribution in [3.05, 3.63) is 29.8 Å². The van der Waals surface area contributed by atoms with Crippen LogP contribution >= 0.6 is 0 Å². The summed E-state index contributed by atoms with van der Waals surface area (Å²) in [5, 5.41) is 10.4. The van der Waals surface area contributed by atoms with Crippen molar-refractivity contribution in [1.82, 2.24) is 0 Å². The van der Waals surface area contributed by atoms with Crippen LogP contribution in [0.1, 0.15) is 51.2 Å². The predicted octanol–water partition coefficient (Wildman–Crippen LogP) is 3.76. The van der Waals surface area contributed by atoms with Crippen molar-refractivity contribution in [3.63, 3.8) is 0 Å². The maximum atomic E-state index is 12.1. The van der Waals surface area contributed by atoms with Gasteiger partial charge in [-0.15, -0.1) is 0 Å². The minimum absolute atomic E-state index is 0.00708. The average molecular weight is 290 g/mol. The summed E-state index contributed by atoms with van der Waals surface area (Å²) in [6, 6.07) is 7.46. The number of hydrogen-bond donors (Lipinski definition) is 1. The molecular formula is C18H26O3. The SMILES string of the molecule is COc1cccc(C(O)CC2CC(C(C)C)CCC2=O)c1. The number of hydrogen-bond acceptors (Lipinski definition) is 3. The molecule has 1 aromatic carbocycles. The molecule has 3 nitrogen and oxygen atoms in total. The monoisotopic (exact) mass is 290 g/mol. The molecule has 0 heterocycles. The highest BCUT2D eigenvalue weighted by Crippen LogP contribution is 2.36. The van der Waals surface area contributed by atoms with Crippen LogP contribution in [0, 0.1) is 17.8 Å². The lowest BCUT2D eigenvalue weighted by atomic mass is 9.73. The number of benzene rings is 1. The van der Waals surface area contributed by atoms with Gasteiger partial charge in [0.25, 0.3) is 0 Å².